The Morgan fingerprint density at radius 1 is 1.24 bits per heavy atom. The largest absolute Gasteiger partial charge is 0.465 e. The predicted molar refractivity (Wildman–Crippen MR) is 114 cm³/mol. The Bertz CT molecular complexity index is 1080. The van der Waals surface area contributed by atoms with Crippen LogP contribution in [0.2, 0.25) is 0 Å². The maximum Gasteiger partial charge on any atom is 0.326 e. The molecule has 1 atom stereocenters. The molecule has 2 aromatic rings. The number of aromatic amines is 1. The number of nitrogens with zero attached hydrogens (tertiary/aromatic N) is 2. The van der Waals surface area contributed by atoms with E-state index in [1.807, 2.05) is 0 Å². The molecule has 0 radical (unpaired) electrons. The van der Waals surface area contributed by atoms with Crippen molar-refractivity contribution in [2.24, 2.45) is 0 Å². The first kappa shape index (κ1) is 25.0. The molecule has 13 nitrogen and oxygen atoms in total. The quantitative estimate of drug-likeness (QED) is 0.242. The molecule has 2 rings (SSSR count). The van der Waals surface area contributed by atoms with Crippen LogP contribution in [-0.4, -0.2) is 63.7 Å². The topological polar surface area (TPSA) is 181 Å². The summed E-state index contributed by atoms with van der Waals surface area (Å²) in [7, 11) is 1.29. The van der Waals surface area contributed by atoms with Gasteiger partial charge in [0.2, 0.25) is 11.7 Å². The molecular formula is C20H24N6O7. The molecule has 2 heterocycles. The monoisotopic (exact) mass is 460 g/mol. The second kappa shape index (κ2) is 11.9. The molecule has 0 aliphatic rings. The zero-order valence-electron chi connectivity index (χ0n) is 18.0. The molecular weight excluding hydrogens is 436 g/mol. The van der Waals surface area contributed by atoms with Crippen LogP contribution < -0.4 is 21.5 Å². The predicted octanol–water partition coefficient (Wildman–Crippen LogP) is -1.03. The average Bonchev–Trinajstić information content (AvgIpc) is 3.33. The number of ether oxygens (including phenoxy) is 1. The van der Waals surface area contributed by atoms with Crippen molar-refractivity contribution in [1.29, 1.82) is 0 Å². The molecule has 0 unspecified atom stereocenters. The van der Waals surface area contributed by atoms with Gasteiger partial charge in [0.25, 0.3) is 17.4 Å². The van der Waals surface area contributed by atoms with Gasteiger partial charge in [-0.15, -0.1) is 0 Å². The second-order valence-corrected chi connectivity index (χ2v) is 6.68. The van der Waals surface area contributed by atoms with Crippen molar-refractivity contribution in [2.45, 2.75) is 32.4 Å². The Hall–Kier alpha value is -4.29. The molecule has 0 fully saturated rings. The van der Waals surface area contributed by atoms with E-state index in [0.29, 0.717) is 0 Å². The molecule has 0 bridgehead atoms. The maximum atomic E-state index is 12.9. The number of Topliss-reactive ketones (excluding diaryl/α,β-unsaturated/α-hetero) is 1. The molecule has 0 aliphatic carbocycles. The van der Waals surface area contributed by atoms with Crippen LogP contribution in [0.3, 0.4) is 0 Å². The van der Waals surface area contributed by atoms with Gasteiger partial charge >= 0.3 is 5.97 Å². The number of H-pyrrole nitrogens is 1. The summed E-state index contributed by atoms with van der Waals surface area (Å²) in [5.41, 5.74) is -0.744. The Balaban J connectivity index is 2.18. The molecule has 0 saturated carbocycles. The summed E-state index contributed by atoms with van der Waals surface area (Å²) in [5.74, 6) is -3.70. The fourth-order valence-corrected chi connectivity index (χ4v) is 2.74. The lowest BCUT2D eigenvalue weighted by molar-refractivity contribution is -0.143. The van der Waals surface area contributed by atoms with Crippen LogP contribution in [0, 0.1) is 0 Å². The summed E-state index contributed by atoms with van der Waals surface area (Å²) < 4.78 is 5.87. The normalized spacial score (nSPS) is 11.2. The summed E-state index contributed by atoms with van der Waals surface area (Å²) in [6.07, 6.45) is 3.33. The smallest absolute Gasteiger partial charge is 0.326 e. The molecule has 0 spiro atoms. The van der Waals surface area contributed by atoms with Crippen molar-refractivity contribution < 1.29 is 28.7 Å². The molecule has 2 aromatic heterocycles. The van der Waals surface area contributed by atoms with Gasteiger partial charge in [-0.3, -0.25) is 28.8 Å². The van der Waals surface area contributed by atoms with Crippen LogP contribution in [0.5, 0.6) is 0 Å². The number of hydrogen-bond donors (Lipinski definition) is 4. The van der Waals surface area contributed by atoms with Gasteiger partial charge in [-0.1, -0.05) is 0 Å². The van der Waals surface area contributed by atoms with Gasteiger partial charge in [-0.25, -0.2) is 4.98 Å². The van der Waals surface area contributed by atoms with E-state index in [1.54, 1.807) is 6.92 Å². The summed E-state index contributed by atoms with van der Waals surface area (Å²) in [4.78, 5) is 79.1. The number of amides is 3. The van der Waals surface area contributed by atoms with Crippen LogP contribution >= 0.6 is 0 Å². The summed E-state index contributed by atoms with van der Waals surface area (Å²) in [6.45, 7) is 1.43. The van der Waals surface area contributed by atoms with Crippen LogP contribution in [0.1, 0.15) is 30.3 Å². The van der Waals surface area contributed by atoms with Gasteiger partial charge in [0, 0.05) is 19.7 Å². The highest BCUT2D eigenvalue weighted by molar-refractivity contribution is 6.36. The lowest BCUT2D eigenvalue weighted by Crippen LogP contribution is -2.45. The number of hydrogen-bond acceptors (Lipinski definition) is 8. The van der Waals surface area contributed by atoms with Gasteiger partial charge in [0.15, 0.2) is 0 Å². The fourth-order valence-electron chi connectivity index (χ4n) is 2.74. The number of likely N-dealkylation sites (N-methyl/N-ethyl adjacent to an activating group) is 1. The van der Waals surface area contributed by atoms with Gasteiger partial charge in [-0.2, -0.15) is 0 Å². The Morgan fingerprint density at radius 2 is 2.00 bits per heavy atom. The van der Waals surface area contributed by atoms with Crippen LogP contribution in [0.4, 0.5) is 5.69 Å². The third-order valence-corrected chi connectivity index (χ3v) is 4.39. The zero-order chi connectivity index (χ0) is 24.4. The van der Waals surface area contributed by atoms with E-state index in [1.165, 1.54) is 37.9 Å². The van der Waals surface area contributed by atoms with E-state index in [4.69, 9.17) is 4.74 Å². The highest BCUT2D eigenvalue weighted by atomic mass is 16.5. The number of pyridine rings is 1. The molecule has 3 amide bonds. The average molecular weight is 460 g/mol. The number of imidazole rings is 1. The number of carbonyl (C=O) groups is 5. The summed E-state index contributed by atoms with van der Waals surface area (Å²) in [6, 6.07) is 1.52. The van der Waals surface area contributed by atoms with Gasteiger partial charge < -0.3 is 30.2 Å². The van der Waals surface area contributed by atoms with Crippen molar-refractivity contribution >= 4 is 35.2 Å². The minimum Gasteiger partial charge on any atom is -0.465 e. The first-order valence-electron chi connectivity index (χ1n) is 9.96. The van der Waals surface area contributed by atoms with Crippen molar-refractivity contribution in [3.63, 3.8) is 0 Å². The van der Waals surface area contributed by atoms with Crippen molar-refractivity contribution in [1.82, 2.24) is 25.2 Å². The van der Waals surface area contributed by atoms with E-state index in [9.17, 15) is 28.8 Å². The van der Waals surface area contributed by atoms with Crippen LogP contribution in [-0.2, 0) is 30.5 Å². The molecule has 176 valence electrons. The number of nitrogens with one attached hydrogen (secondary N) is 4. The van der Waals surface area contributed by atoms with E-state index in [2.05, 4.69) is 25.9 Å². The minimum absolute atomic E-state index is 0.0712. The standard InChI is InChI=1S/C20H24N6O7/c1-3-33-16(28)10-26-8-4-5-13(20(26)32)25-17(29)12(6-7-15(27)19(31)21-2)24-18(30)14-9-22-11-23-14/h4-5,8-9,11-12H,3,6-7,10H2,1-2H3,(H,21,31)(H,22,23)(H,24,30)(H,25,29)/t12-/m0/s1. The Labute approximate surface area is 187 Å². The van der Waals surface area contributed by atoms with Crippen molar-refractivity contribution in [3.8, 4) is 0 Å². The lowest BCUT2D eigenvalue weighted by atomic mass is 10.1. The Morgan fingerprint density at radius 3 is 2.64 bits per heavy atom. The highest BCUT2D eigenvalue weighted by Crippen LogP contribution is 2.06. The minimum atomic E-state index is -1.26. The molecule has 4 N–H and O–H groups in total. The SMILES string of the molecule is CCOC(=O)Cn1cccc(NC(=O)[C@H](CCC(=O)C(=O)NC)NC(=O)c2cnc[nH]2)c1=O. The number of esters is 1. The number of ketones is 1. The first-order valence-corrected chi connectivity index (χ1v) is 9.96. The van der Waals surface area contributed by atoms with E-state index in [-0.39, 0.29) is 37.4 Å². The van der Waals surface area contributed by atoms with Crippen molar-refractivity contribution in [3.05, 3.63) is 46.9 Å². The van der Waals surface area contributed by atoms with Gasteiger partial charge in [0.1, 0.15) is 24.0 Å². The van der Waals surface area contributed by atoms with Crippen LogP contribution in [0.25, 0.3) is 0 Å². The Kier molecular flexibility index (Phi) is 9.03. The summed E-state index contributed by atoms with van der Waals surface area (Å²) >= 11 is 0. The van der Waals surface area contributed by atoms with Crippen molar-refractivity contribution in [2.75, 3.05) is 19.0 Å². The molecule has 0 aliphatic heterocycles. The fraction of sp³-hybridized carbons (Fsp3) is 0.350. The molecule has 13 heteroatoms. The number of rotatable bonds is 11. The van der Waals surface area contributed by atoms with Crippen LogP contribution in [0.15, 0.2) is 35.6 Å². The molecule has 0 aromatic carbocycles. The summed E-state index contributed by atoms with van der Waals surface area (Å²) in [5, 5.41) is 7.03. The number of anilines is 1. The number of aromatic nitrogens is 3. The van der Waals surface area contributed by atoms with Gasteiger partial charge in [0.05, 0.1) is 19.1 Å². The van der Waals surface area contributed by atoms with E-state index < -0.39 is 41.1 Å². The van der Waals surface area contributed by atoms with E-state index >= 15 is 0 Å². The number of carbonyl (C=O) groups excluding carboxylic acids is 5. The maximum absolute atomic E-state index is 12.9. The third kappa shape index (κ3) is 7.12. The molecule has 33 heavy (non-hydrogen) atoms. The zero-order valence-corrected chi connectivity index (χ0v) is 18.0. The van der Waals surface area contributed by atoms with Gasteiger partial charge in [-0.05, 0) is 25.5 Å². The van der Waals surface area contributed by atoms with E-state index in [0.717, 1.165) is 4.57 Å². The third-order valence-electron chi connectivity index (χ3n) is 4.39. The first-order chi connectivity index (χ1) is 15.8. The second-order valence-electron chi connectivity index (χ2n) is 6.68. The lowest BCUT2D eigenvalue weighted by Gasteiger charge is -2.18. The molecule has 0 saturated heterocycles. The highest BCUT2D eigenvalue weighted by Gasteiger charge is 2.25.